The number of aryl methyl sites for hydroxylation is 2. The Hall–Kier alpha value is -1.31. The molecule has 0 amide bonds. The molecule has 0 aromatic heterocycles. The molecule has 2 heteroatoms. The highest BCUT2D eigenvalue weighted by Gasteiger charge is 2.15. The lowest BCUT2D eigenvalue weighted by Crippen LogP contribution is -2.23. The van der Waals surface area contributed by atoms with Crippen LogP contribution in [0.15, 0.2) is 24.3 Å². The minimum absolute atomic E-state index is 0.102. The van der Waals surface area contributed by atoms with Gasteiger partial charge in [-0.25, -0.2) is 0 Å². The van der Waals surface area contributed by atoms with Crippen molar-refractivity contribution in [1.29, 1.82) is 0 Å². The SMILES string of the molecule is CCCc1ccc(CCCC(=O)OC(C)(C)C)cc1. The third-order valence-corrected chi connectivity index (χ3v) is 2.83. The molecule has 0 unspecified atom stereocenters. The molecule has 0 saturated carbocycles. The smallest absolute Gasteiger partial charge is 0.306 e. The van der Waals surface area contributed by atoms with Crippen LogP contribution in [0.2, 0.25) is 0 Å². The van der Waals surface area contributed by atoms with Gasteiger partial charge in [-0.3, -0.25) is 4.79 Å². The highest BCUT2D eigenvalue weighted by atomic mass is 16.6. The van der Waals surface area contributed by atoms with Crippen molar-refractivity contribution >= 4 is 5.97 Å². The number of esters is 1. The zero-order chi connectivity index (χ0) is 14.3. The molecule has 19 heavy (non-hydrogen) atoms. The molecule has 0 heterocycles. The van der Waals surface area contributed by atoms with E-state index in [4.69, 9.17) is 4.74 Å². The van der Waals surface area contributed by atoms with E-state index in [1.165, 1.54) is 17.5 Å². The number of hydrogen-bond donors (Lipinski definition) is 0. The molecule has 106 valence electrons. The molecule has 0 aliphatic heterocycles. The van der Waals surface area contributed by atoms with E-state index in [2.05, 4.69) is 31.2 Å². The van der Waals surface area contributed by atoms with Crippen LogP contribution >= 0.6 is 0 Å². The Balaban J connectivity index is 2.31. The highest BCUT2D eigenvalue weighted by molar-refractivity contribution is 5.69. The van der Waals surface area contributed by atoms with Crippen molar-refractivity contribution < 1.29 is 9.53 Å². The zero-order valence-corrected chi connectivity index (χ0v) is 12.7. The van der Waals surface area contributed by atoms with Gasteiger partial charge in [0.15, 0.2) is 0 Å². The molecule has 0 saturated heterocycles. The lowest BCUT2D eigenvalue weighted by Gasteiger charge is -2.19. The molecule has 2 nitrogen and oxygen atoms in total. The van der Waals surface area contributed by atoms with Crippen LogP contribution in [-0.4, -0.2) is 11.6 Å². The Morgan fingerprint density at radius 1 is 1.05 bits per heavy atom. The Kier molecular flexibility index (Phi) is 6.07. The zero-order valence-electron chi connectivity index (χ0n) is 12.7. The number of hydrogen-bond acceptors (Lipinski definition) is 2. The number of benzene rings is 1. The molecule has 0 spiro atoms. The second-order valence-corrected chi connectivity index (χ2v) is 6.01. The van der Waals surface area contributed by atoms with Gasteiger partial charge in [-0.2, -0.15) is 0 Å². The lowest BCUT2D eigenvalue weighted by atomic mass is 10.0. The summed E-state index contributed by atoms with van der Waals surface area (Å²) in [4.78, 5) is 11.6. The fourth-order valence-electron chi connectivity index (χ4n) is 1.99. The summed E-state index contributed by atoms with van der Waals surface area (Å²) >= 11 is 0. The monoisotopic (exact) mass is 262 g/mol. The third kappa shape index (κ3) is 7.00. The van der Waals surface area contributed by atoms with Gasteiger partial charge in [0.1, 0.15) is 5.60 Å². The third-order valence-electron chi connectivity index (χ3n) is 2.83. The fraction of sp³-hybridized carbons (Fsp3) is 0.588. The number of rotatable bonds is 6. The van der Waals surface area contributed by atoms with Crippen molar-refractivity contribution in [2.75, 3.05) is 0 Å². The molecule has 1 aromatic rings. The average Bonchev–Trinajstić information content (AvgIpc) is 2.29. The van der Waals surface area contributed by atoms with Crippen molar-refractivity contribution in [3.8, 4) is 0 Å². The molecule has 1 rings (SSSR count). The second-order valence-electron chi connectivity index (χ2n) is 6.01. The summed E-state index contributed by atoms with van der Waals surface area (Å²) in [6.07, 6.45) is 4.60. The van der Waals surface area contributed by atoms with Crippen LogP contribution in [0.4, 0.5) is 0 Å². The average molecular weight is 262 g/mol. The number of carbonyl (C=O) groups excluding carboxylic acids is 1. The second kappa shape index (κ2) is 7.32. The van der Waals surface area contributed by atoms with Gasteiger partial charge in [0, 0.05) is 6.42 Å². The normalized spacial score (nSPS) is 11.4. The molecular weight excluding hydrogens is 236 g/mol. The van der Waals surface area contributed by atoms with Crippen LogP contribution in [0.3, 0.4) is 0 Å². The quantitative estimate of drug-likeness (QED) is 0.714. The van der Waals surface area contributed by atoms with Crippen molar-refractivity contribution in [2.24, 2.45) is 0 Å². The van der Waals surface area contributed by atoms with Crippen molar-refractivity contribution in [1.82, 2.24) is 0 Å². The minimum atomic E-state index is -0.376. The van der Waals surface area contributed by atoms with E-state index >= 15 is 0 Å². The maximum Gasteiger partial charge on any atom is 0.306 e. The molecule has 0 fully saturated rings. The predicted molar refractivity (Wildman–Crippen MR) is 79.2 cm³/mol. The van der Waals surface area contributed by atoms with Gasteiger partial charge < -0.3 is 4.74 Å². The molecule has 0 aliphatic rings. The van der Waals surface area contributed by atoms with E-state index in [9.17, 15) is 4.79 Å². The summed E-state index contributed by atoms with van der Waals surface area (Å²) in [7, 11) is 0. The van der Waals surface area contributed by atoms with Crippen molar-refractivity contribution in [3.63, 3.8) is 0 Å². The van der Waals surface area contributed by atoms with Crippen LogP contribution in [0.1, 0.15) is 58.1 Å². The summed E-state index contributed by atoms with van der Waals surface area (Å²) < 4.78 is 5.29. The number of ether oxygens (including phenoxy) is 1. The van der Waals surface area contributed by atoms with Gasteiger partial charge >= 0.3 is 5.97 Å². The predicted octanol–water partition coefficient (Wildman–Crippen LogP) is 4.30. The maximum absolute atomic E-state index is 11.6. The van der Waals surface area contributed by atoms with Crippen LogP contribution < -0.4 is 0 Å². The van der Waals surface area contributed by atoms with Gasteiger partial charge in [0.05, 0.1) is 0 Å². The van der Waals surface area contributed by atoms with Crippen molar-refractivity contribution in [2.45, 2.75) is 65.4 Å². The Bertz CT molecular complexity index is 385. The summed E-state index contributed by atoms with van der Waals surface area (Å²) in [5, 5.41) is 0. The summed E-state index contributed by atoms with van der Waals surface area (Å²) in [5.74, 6) is -0.102. The standard InChI is InChI=1S/C17H26O2/c1-5-7-14-10-12-15(13-11-14)8-6-9-16(18)19-17(2,3)4/h10-13H,5-9H2,1-4H3. The lowest BCUT2D eigenvalue weighted by molar-refractivity contribution is -0.154. The molecule has 0 radical (unpaired) electrons. The van der Waals surface area contributed by atoms with E-state index in [1.54, 1.807) is 0 Å². The van der Waals surface area contributed by atoms with Crippen LogP contribution in [0, 0.1) is 0 Å². The van der Waals surface area contributed by atoms with Gasteiger partial charge in [-0.05, 0) is 51.2 Å². The van der Waals surface area contributed by atoms with Crippen LogP contribution in [-0.2, 0) is 22.4 Å². The van der Waals surface area contributed by atoms with E-state index in [0.29, 0.717) is 6.42 Å². The van der Waals surface area contributed by atoms with E-state index in [1.807, 2.05) is 20.8 Å². The molecule has 1 aromatic carbocycles. The van der Waals surface area contributed by atoms with Crippen LogP contribution in [0.5, 0.6) is 0 Å². The number of carbonyl (C=O) groups is 1. The van der Waals surface area contributed by atoms with E-state index in [0.717, 1.165) is 19.3 Å². The van der Waals surface area contributed by atoms with Gasteiger partial charge in [-0.1, -0.05) is 37.6 Å². The Labute approximate surface area is 117 Å². The Morgan fingerprint density at radius 2 is 1.58 bits per heavy atom. The van der Waals surface area contributed by atoms with Gasteiger partial charge in [0.2, 0.25) is 0 Å². The summed E-state index contributed by atoms with van der Waals surface area (Å²) in [5.41, 5.74) is 2.31. The first-order valence-corrected chi connectivity index (χ1v) is 7.20. The Morgan fingerprint density at radius 3 is 2.05 bits per heavy atom. The maximum atomic E-state index is 11.6. The van der Waals surface area contributed by atoms with Gasteiger partial charge in [-0.15, -0.1) is 0 Å². The van der Waals surface area contributed by atoms with Gasteiger partial charge in [0.25, 0.3) is 0 Å². The highest BCUT2D eigenvalue weighted by Crippen LogP contribution is 2.12. The first-order valence-electron chi connectivity index (χ1n) is 7.20. The summed E-state index contributed by atoms with van der Waals surface area (Å²) in [6.45, 7) is 7.89. The molecular formula is C17H26O2. The first-order chi connectivity index (χ1) is 8.90. The van der Waals surface area contributed by atoms with Crippen LogP contribution in [0.25, 0.3) is 0 Å². The van der Waals surface area contributed by atoms with E-state index < -0.39 is 0 Å². The molecule has 0 N–H and O–H groups in total. The van der Waals surface area contributed by atoms with E-state index in [-0.39, 0.29) is 11.6 Å². The largest absolute Gasteiger partial charge is 0.460 e. The minimum Gasteiger partial charge on any atom is -0.460 e. The first kappa shape index (κ1) is 15.7. The van der Waals surface area contributed by atoms with Crippen molar-refractivity contribution in [3.05, 3.63) is 35.4 Å². The summed E-state index contributed by atoms with van der Waals surface area (Å²) in [6, 6.07) is 8.71. The molecule has 0 aliphatic carbocycles. The topological polar surface area (TPSA) is 26.3 Å². The molecule has 0 bridgehead atoms. The fourth-order valence-corrected chi connectivity index (χ4v) is 1.99. The molecule has 0 atom stereocenters.